The highest BCUT2D eigenvalue weighted by molar-refractivity contribution is 9.10. The molecule has 2 aromatic carbocycles. The summed E-state index contributed by atoms with van der Waals surface area (Å²) in [5.74, 6) is 1.65. The van der Waals surface area contributed by atoms with E-state index in [0.29, 0.717) is 6.61 Å². The first-order chi connectivity index (χ1) is 9.60. The predicted octanol–water partition coefficient (Wildman–Crippen LogP) is 4.06. The SMILES string of the molecule is COc1ccc(COc2ccc([C@H](C)N)cc2)cc1Br. The molecule has 106 valence electrons. The van der Waals surface area contributed by atoms with Gasteiger partial charge in [0.15, 0.2) is 0 Å². The van der Waals surface area contributed by atoms with E-state index in [-0.39, 0.29) is 6.04 Å². The van der Waals surface area contributed by atoms with Crippen LogP contribution < -0.4 is 15.2 Å². The molecule has 0 heterocycles. The Balaban J connectivity index is 1.99. The summed E-state index contributed by atoms with van der Waals surface area (Å²) in [6.07, 6.45) is 0. The zero-order valence-electron chi connectivity index (χ0n) is 11.6. The Morgan fingerprint density at radius 2 is 1.85 bits per heavy atom. The van der Waals surface area contributed by atoms with Gasteiger partial charge in [-0.15, -0.1) is 0 Å². The lowest BCUT2D eigenvalue weighted by Gasteiger charge is -2.10. The van der Waals surface area contributed by atoms with E-state index in [4.69, 9.17) is 15.2 Å². The van der Waals surface area contributed by atoms with E-state index in [2.05, 4.69) is 15.9 Å². The highest BCUT2D eigenvalue weighted by atomic mass is 79.9. The van der Waals surface area contributed by atoms with E-state index in [1.54, 1.807) is 7.11 Å². The molecule has 2 aromatic rings. The Labute approximate surface area is 127 Å². The maximum atomic E-state index is 5.81. The number of hydrogen-bond acceptors (Lipinski definition) is 3. The van der Waals surface area contributed by atoms with Gasteiger partial charge in [0.2, 0.25) is 0 Å². The van der Waals surface area contributed by atoms with E-state index in [1.807, 2.05) is 49.4 Å². The highest BCUT2D eigenvalue weighted by Gasteiger charge is 2.03. The summed E-state index contributed by atoms with van der Waals surface area (Å²) >= 11 is 3.46. The second kappa shape index (κ2) is 6.77. The molecule has 0 aromatic heterocycles. The molecule has 0 aliphatic rings. The summed E-state index contributed by atoms with van der Waals surface area (Å²) in [5, 5.41) is 0. The Morgan fingerprint density at radius 1 is 1.15 bits per heavy atom. The lowest BCUT2D eigenvalue weighted by atomic mass is 10.1. The van der Waals surface area contributed by atoms with Gasteiger partial charge in [-0.1, -0.05) is 18.2 Å². The quantitative estimate of drug-likeness (QED) is 0.896. The van der Waals surface area contributed by atoms with Crippen LogP contribution in [0.5, 0.6) is 11.5 Å². The summed E-state index contributed by atoms with van der Waals surface area (Å²) in [5.41, 5.74) is 7.99. The third-order valence-corrected chi connectivity index (χ3v) is 3.65. The number of hydrogen-bond donors (Lipinski definition) is 1. The maximum absolute atomic E-state index is 5.81. The number of benzene rings is 2. The third-order valence-electron chi connectivity index (χ3n) is 3.03. The summed E-state index contributed by atoms with van der Waals surface area (Å²) in [6, 6.07) is 13.8. The van der Waals surface area contributed by atoms with Gasteiger partial charge in [-0.2, -0.15) is 0 Å². The zero-order chi connectivity index (χ0) is 14.5. The zero-order valence-corrected chi connectivity index (χ0v) is 13.2. The molecule has 2 N–H and O–H groups in total. The fourth-order valence-electron chi connectivity index (χ4n) is 1.83. The lowest BCUT2D eigenvalue weighted by Crippen LogP contribution is -2.04. The maximum Gasteiger partial charge on any atom is 0.133 e. The number of rotatable bonds is 5. The molecule has 2 rings (SSSR count). The van der Waals surface area contributed by atoms with Crippen LogP contribution in [0.3, 0.4) is 0 Å². The smallest absolute Gasteiger partial charge is 0.133 e. The number of nitrogens with two attached hydrogens (primary N) is 1. The fraction of sp³-hybridized carbons (Fsp3) is 0.250. The van der Waals surface area contributed by atoms with Crippen LogP contribution in [0, 0.1) is 0 Å². The molecule has 0 spiro atoms. The minimum Gasteiger partial charge on any atom is -0.496 e. The van der Waals surface area contributed by atoms with E-state index in [9.17, 15) is 0 Å². The van der Waals surface area contributed by atoms with Crippen LogP contribution in [0.25, 0.3) is 0 Å². The van der Waals surface area contributed by atoms with Crippen molar-refractivity contribution in [2.45, 2.75) is 19.6 Å². The third kappa shape index (κ3) is 3.74. The molecule has 4 heteroatoms. The van der Waals surface area contributed by atoms with Crippen molar-refractivity contribution in [2.75, 3.05) is 7.11 Å². The van der Waals surface area contributed by atoms with Crippen molar-refractivity contribution in [1.29, 1.82) is 0 Å². The van der Waals surface area contributed by atoms with Crippen LogP contribution in [0.15, 0.2) is 46.9 Å². The van der Waals surface area contributed by atoms with Crippen molar-refractivity contribution in [3.8, 4) is 11.5 Å². The molecule has 0 amide bonds. The molecule has 1 atom stereocenters. The van der Waals surface area contributed by atoms with E-state index in [0.717, 1.165) is 27.1 Å². The Morgan fingerprint density at radius 3 is 2.40 bits per heavy atom. The topological polar surface area (TPSA) is 44.5 Å². The van der Waals surface area contributed by atoms with E-state index in [1.165, 1.54) is 0 Å². The molecule has 0 fully saturated rings. The minimum absolute atomic E-state index is 0.0431. The van der Waals surface area contributed by atoms with Crippen molar-refractivity contribution in [3.05, 3.63) is 58.1 Å². The summed E-state index contributed by atoms with van der Waals surface area (Å²) < 4.78 is 11.9. The second-order valence-electron chi connectivity index (χ2n) is 4.62. The van der Waals surface area contributed by atoms with Crippen molar-refractivity contribution in [3.63, 3.8) is 0 Å². The highest BCUT2D eigenvalue weighted by Crippen LogP contribution is 2.26. The normalized spacial score (nSPS) is 12.0. The molecule has 0 aliphatic heterocycles. The second-order valence-corrected chi connectivity index (χ2v) is 5.47. The first-order valence-corrected chi connectivity index (χ1v) is 7.20. The van der Waals surface area contributed by atoms with Crippen LogP contribution in [0.1, 0.15) is 24.1 Å². The number of ether oxygens (including phenoxy) is 2. The molecule has 0 saturated carbocycles. The fourth-order valence-corrected chi connectivity index (χ4v) is 2.42. The standard InChI is InChI=1S/C16H18BrNO2/c1-11(18)13-4-6-14(7-5-13)20-10-12-3-8-16(19-2)15(17)9-12/h3-9,11H,10,18H2,1-2H3/t11-/m0/s1. The van der Waals surface area contributed by atoms with Crippen LogP contribution >= 0.6 is 15.9 Å². The van der Waals surface area contributed by atoms with Gasteiger partial charge in [-0.05, 0) is 58.2 Å². The number of methoxy groups -OCH3 is 1. The van der Waals surface area contributed by atoms with Gasteiger partial charge in [0.1, 0.15) is 18.1 Å². The Hall–Kier alpha value is -1.52. The molecule has 0 saturated heterocycles. The Bertz CT molecular complexity index is 567. The van der Waals surface area contributed by atoms with Crippen molar-refractivity contribution in [2.24, 2.45) is 5.73 Å². The average molecular weight is 336 g/mol. The molecule has 0 bridgehead atoms. The Kier molecular flexibility index (Phi) is 5.04. The van der Waals surface area contributed by atoms with E-state index >= 15 is 0 Å². The average Bonchev–Trinajstić information content (AvgIpc) is 2.45. The molecule has 3 nitrogen and oxygen atoms in total. The molecule has 0 aliphatic carbocycles. The molecule has 0 radical (unpaired) electrons. The molecular formula is C16H18BrNO2. The lowest BCUT2D eigenvalue weighted by molar-refractivity contribution is 0.305. The molecular weight excluding hydrogens is 318 g/mol. The minimum atomic E-state index is 0.0431. The monoisotopic (exact) mass is 335 g/mol. The van der Waals surface area contributed by atoms with Gasteiger partial charge >= 0.3 is 0 Å². The first-order valence-electron chi connectivity index (χ1n) is 6.41. The summed E-state index contributed by atoms with van der Waals surface area (Å²) in [7, 11) is 1.65. The van der Waals surface area contributed by atoms with Gasteiger partial charge in [0.25, 0.3) is 0 Å². The van der Waals surface area contributed by atoms with Crippen LogP contribution in [0.4, 0.5) is 0 Å². The molecule has 0 unspecified atom stereocenters. The van der Waals surface area contributed by atoms with Crippen LogP contribution in [0.2, 0.25) is 0 Å². The number of halogens is 1. The van der Waals surface area contributed by atoms with Gasteiger partial charge < -0.3 is 15.2 Å². The van der Waals surface area contributed by atoms with Gasteiger partial charge in [-0.25, -0.2) is 0 Å². The van der Waals surface area contributed by atoms with Crippen LogP contribution in [-0.2, 0) is 6.61 Å². The first kappa shape index (κ1) is 14.9. The van der Waals surface area contributed by atoms with Crippen molar-refractivity contribution < 1.29 is 9.47 Å². The van der Waals surface area contributed by atoms with Crippen molar-refractivity contribution >= 4 is 15.9 Å². The predicted molar refractivity (Wildman–Crippen MR) is 84.1 cm³/mol. The van der Waals surface area contributed by atoms with E-state index < -0.39 is 0 Å². The molecule has 20 heavy (non-hydrogen) atoms. The largest absolute Gasteiger partial charge is 0.496 e. The van der Waals surface area contributed by atoms with Gasteiger partial charge in [-0.3, -0.25) is 0 Å². The van der Waals surface area contributed by atoms with Crippen LogP contribution in [-0.4, -0.2) is 7.11 Å². The summed E-state index contributed by atoms with van der Waals surface area (Å²) in [6.45, 7) is 2.48. The van der Waals surface area contributed by atoms with Gasteiger partial charge in [0.05, 0.1) is 11.6 Å². The van der Waals surface area contributed by atoms with Crippen molar-refractivity contribution in [1.82, 2.24) is 0 Å². The summed E-state index contributed by atoms with van der Waals surface area (Å²) in [4.78, 5) is 0. The van der Waals surface area contributed by atoms with Gasteiger partial charge in [0, 0.05) is 6.04 Å².